The number of imidazole rings is 1. The Balaban J connectivity index is 1.31. The van der Waals surface area contributed by atoms with Gasteiger partial charge in [0.1, 0.15) is 17.3 Å². The van der Waals surface area contributed by atoms with Crippen LogP contribution in [0, 0.1) is 0 Å². The van der Waals surface area contributed by atoms with E-state index in [1.165, 1.54) is 0 Å². The van der Waals surface area contributed by atoms with E-state index in [1.807, 2.05) is 72.8 Å². The number of benzene rings is 3. The number of halogens is 1. The highest BCUT2D eigenvalue weighted by atomic mass is 35.5. The Kier molecular flexibility index (Phi) is 7.82. The molecular formula is C26H26ClN3O3. The maximum Gasteiger partial charge on any atom is 0.257 e. The van der Waals surface area contributed by atoms with Crippen LogP contribution < -0.4 is 14.8 Å². The van der Waals surface area contributed by atoms with Crippen LogP contribution in [0.3, 0.4) is 0 Å². The number of rotatable bonds is 11. The maximum atomic E-state index is 12.1. The SMILES string of the molecule is O=C(COc1ccccc1)NCCc1nc2ccccc2n1CCCOc1ccccc1Cl. The van der Waals surface area contributed by atoms with E-state index in [0.717, 1.165) is 29.8 Å². The summed E-state index contributed by atoms with van der Waals surface area (Å²) < 4.78 is 13.5. The van der Waals surface area contributed by atoms with E-state index >= 15 is 0 Å². The van der Waals surface area contributed by atoms with Crippen LogP contribution in [0.15, 0.2) is 78.9 Å². The molecule has 0 saturated carbocycles. The summed E-state index contributed by atoms with van der Waals surface area (Å²) in [5, 5.41) is 3.52. The van der Waals surface area contributed by atoms with Crippen LogP contribution in [0.1, 0.15) is 12.2 Å². The van der Waals surface area contributed by atoms with E-state index in [2.05, 4.69) is 16.0 Å². The van der Waals surface area contributed by atoms with Crippen molar-refractivity contribution in [1.29, 1.82) is 0 Å². The maximum absolute atomic E-state index is 12.1. The molecule has 0 saturated heterocycles. The lowest BCUT2D eigenvalue weighted by molar-refractivity contribution is -0.123. The molecule has 7 heteroatoms. The van der Waals surface area contributed by atoms with Gasteiger partial charge in [-0.2, -0.15) is 0 Å². The molecule has 0 unspecified atom stereocenters. The second-order valence-electron chi connectivity index (χ2n) is 7.50. The van der Waals surface area contributed by atoms with E-state index in [0.29, 0.717) is 36.1 Å². The minimum absolute atomic E-state index is 0.0141. The van der Waals surface area contributed by atoms with Crippen LogP contribution in [0.2, 0.25) is 5.02 Å². The van der Waals surface area contributed by atoms with E-state index in [1.54, 1.807) is 0 Å². The van der Waals surface area contributed by atoms with Crippen LogP contribution in [0.5, 0.6) is 11.5 Å². The summed E-state index contributed by atoms with van der Waals surface area (Å²) in [7, 11) is 0. The number of carbonyl (C=O) groups excluding carboxylic acids is 1. The Hall–Kier alpha value is -3.51. The van der Waals surface area contributed by atoms with E-state index < -0.39 is 0 Å². The van der Waals surface area contributed by atoms with Crippen LogP contribution in [-0.2, 0) is 17.8 Å². The van der Waals surface area contributed by atoms with Gasteiger partial charge in [-0.1, -0.05) is 54.1 Å². The number of nitrogens with one attached hydrogen (secondary N) is 1. The Morgan fingerprint density at radius 3 is 2.55 bits per heavy atom. The molecule has 170 valence electrons. The molecule has 6 nitrogen and oxygen atoms in total. The molecule has 1 aromatic heterocycles. The number of aryl methyl sites for hydroxylation is 1. The summed E-state index contributed by atoms with van der Waals surface area (Å²) in [6, 6.07) is 24.8. The van der Waals surface area contributed by atoms with Gasteiger partial charge in [0.15, 0.2) is 6.61 Å². The molecule has 0 aliphatic heterocycles. The average Bonchev–Trinajstić information content (AvgIpc) is 3.19. The van der Waals surface area contributed by atoms with Crippen LogP contribution in [-0.4, -0.2) is 35.2 Å². The Morgan fingerprint density at radius 1 is 0.939 bits per heavy atom. The third-order valence-electron chi connectivity index (χ3n) is 5.14. The standard InChI is InChI=1S/C26H26ClN3O3/c27-21-11-4-7-14-24(21)32-18-8-17-30-23-13-6-5-12-22(23)29-25(30)15-16-28-26(31)19-33-20-9-2-1-3-10-20/h1-7,9-14H,8,15-19H2,(H,28,31). The molecule has 0 spiro atoms. The lowest BCUT2D eigenvalue weighted by Gasteiger charge is -2.12. The summed E-state index contributed by atoms with van der Waals surface area (Å²) in [4.78, 5) is 16.9. The van der Waals surface area contributed by atoms with Crippen molar-refractivity contribution in [2.24, 2.45) is 0 Å². The second kappa shape index (κ2) is 11.4. The fourth-order valence-corrected chi connectivity index (χ4v) is 3.75. The fraction of sp³-hybridized carbons (Fsp3) is 0.231. The van der Waals surface area contributed by atoms with Gasteiger partial charge in [-0.05, 0) is 42.8 Å². The molecule has 0 atom stereocenters. The molecule has 0 aliphatic rings. The van der Waals surface area contributed by atoms with Gasteiger partial charge in [-0.15, -0.1) is 0 Å². The lowest BCUT2D eigenvalue weighted by Crippen LogP contribution is -2.31. The van der Waals surface area contributed by atoms with Crippen molar-refractivity contribution in [2.75, 3.05) is 19.8 Å². The van der Waals surface area contributed by atoms with Crippen molar-refractivity contribution in [3.8, 4) is 11.5 Å². The van der Waals surface area contributed by atoms with Gasteiger partial charge in [0, 0.05) is 19.5 Å². The molecule has 1 heterocycles. The quantitative estimate of drug-likeness (QED) is 0.321. The highest BCUT2D eigenvalue weighted by molar-refractivity contribution is 6.32. The summed E-state index contributed by atoms with van der Waals surface area (Å²) in [6.07, 6.45) is 1.42. The topological polar surface area (TPSA) is 65.4 Å². The highest BCUT2D eigenvalue weighted by Gasteiger charge is 2.11. The average molecular weight is 464 g/mol. The number of hydrogen-bond donors (Lipinski definition) is 1. The third-order valence-corrected chi connectivity index (χ3v) is 5.45. The summed E-state index contributed by atoms with van der Waals surface area (Å²) in [6.45, 7) is 1.77. The van der Waals surface area contributed by atoms with Gasteiger partial charge in [-0.3, -0.25) is 4.79 Å². The third kappa shape index (κ3) is 6.26. The van der Waals surface area contributed by atoms with Crippen LogP contribution in [0.25, 0.3) is 11.0 Å². The number of amides is 1. The lowest BCUT2D eigenvalue weighted by atomic mass is 10.3. The fourth-order valence-electron chi connectivity index (χ4n) is 3.56. The first-order valence-corrected chi connectivity index (χ1v) is 11.3. The number of para-hydroxylation sites is 4. The number of nitrogens with zero attached hydrogens (tertiary/aromatic N) is 2. The Morgan fingerprint density at radius 2 is 1.70 bits per heavy atom. The van der Waals surface area contributed by atoms with Crippen molar-refractivity contribution >= 4 is 28.5 Å². The normalized spacial score (nSPS) is 10.8. The zero-order chi connectivity index (χ0) is 22.9. The summed E-state index contributed by atoms with van der Waals surface area (Å²) >= 11 is 6.16. The van der Waals surface area contributed by atoms with Gasteiger partial charge in [0.05, 0.1) is 22.7 Å². The molecule has 0 radical (unpaired) electrons. The molecule has 33 heavy (non-hydrogen) atoms. The predicted molar refractivity (Wildman–Crippen MR) is 130 cm³/mol. The highest BCUT2D eigenvalue weighted by Crippen LogP contribution is 2.23. The summed E-state index contributed by atoms with van der Waals surface area (Å²) in [5.74, 6) is 2.14. The molecule has 0 fully saturated rings. The second-order valence-corrected chi connectivity index (χ2v) is 7.91. The monoisotopic (exact) mass is 463 g/mol. The molecule has 1 N–H and O–H groups in total. The first-order chi connectivity index (χ1) is 16.2. The molecule has 0 bridgehead atoms. The molecule has 3 aromatic carbocycles. The van der Waals surface area contributed by atoms with E-state index in [-0.39, 0.29) is 12.5 Å². The summed E-state index contributed by atoms with van der Waals surface area (Å²) in [5.41, 5.74) is 2.02. The number of hydrogen-bond acceptors (Lipinski definition) is 4. The largest absolute Gasteiger partial charge is 0.492 e. The molecule has 1 amide bonds. The zero-order valence-electron chi connectivity index (χ0n) is 18.2. The Labute approximate surface area is 198 Å². The van der Waals surface area contributed by atoms with Crippen molar-refractivity contribution in [3.63, 3.8) is 0 Å². The van der Waals surface area contributed by atoms with Crippen LogP contribution in [0.4, 0.5) is 0 Å². The molecule has 0 aliphatic carbocycles. The minimum atomic E-state index is -0.158. The van der Waals surface area contributed by atoms with E-state index in [9.17, 15) is 4.79 Å². The minimum Gasteiger partial charge on any atom is -0.492 e. The molecule has 4 aromatic rings. The van der Waals surface area contributed by atoms with Gasteiger partial charge < -0.3 is 19.4 Å². The van der Waals surface area contributed by atoms with Crippen LogP contribution >= 0.6 is 11.6 Å². The molecular weight excluding hydrogens is 438 g/mol. The van der Waals surface area contributed by atoms with Gasteiger partial charge >= 0.3 is 0 Å². The Bertz CT molecular complexity index is 1190. The van der Waals surface area contributed by atoms with Gasteiger partial charge in [0.2, 0.25) is 0 Å². The molecule has 4 rings (SSSR count). The zero-order valence-corrected chi connectivity index (χ0v) is 19.0. The predicted octanol–water partition coefficient (Wildman–Crippen LogP) is 4.90. The first-order valence-electron chi connectivity index (χ1n) is 11.0. The van der Waals surface area contributed by atoms with Crippen molar-refractivity contribution < 1.29 is 14.3 Å². The van der Waals surface area contributed by atoms with E-state index in [4.69, 9.17) is 26.1 Å². The number of ether oxygens (including phenoxy) is 2. The number of carbonyl (C=O) groups is 1. The van der Waals surface area contributed by atoms with Gasteiger partial charge in [-0.25, -0.2) is 4.98 Å². The number of aromatic nitrogens is 2. The van der Waals surface area contributed by atoms with Crippen molar-refractivity contribution in [3.05, 3.63) is 89.7 Å². The smallest absolute Gasteiger partial charge is 0.257 e. The first kappa shape index (κ1) is 22.7. The van der Waals surface area contributed by atoms with Gasteiger partial charge in [0.25, 0.3) is 5.91 Å². The number of fused-ring (bicyclic) bond motifs is 1. The van der Waals surface area contributed by atoms with Crippen molar-refractivity contribution in [1.82, 2.24) is 14.9 Å². The van der Waals surface area contributed by atoms with Crippen molar-refractivity contribution in [2.45, 2.75) is 19.4 Å².